The van der Waals surface area contributed by atoms with Crippen LogP contribution in [0.15, 0.2) is 30.3 Å². The van der Waals surface area contributed by atoms with Crippen molar-refractivity contribution in [2.24, 2.45) is 0 Å². The average molecular weight is 321 g/mol. The summed E-state index contributed by atoms with van der Waals surface area (Å²) in [6, 6.07) is 9.05. The third-order valence-corrected chi connectivity index (χ3v) is 3.65. The van der Waals surface area contributed by atoms with Crippen LogP contribution in [-0.2, 0) is 20.7 Å². The number of carboxylic acid groups (broad SMARTS) is 1. The van der Waals surface area contributed by atoms with Crippen LogP contribution in [0.2, 0.25) is 0 Å². The summed E-state index contributed by atoms with van der Waals surface area (Å²) in [7, 11) is 0. The van der Waals surface area contributed by atoms with Gasteiger partial charge in [-0.1, -0.05) is 30.3 Å². The second-order valence-electron chi connectivity index (χ2n) is 6.89. The molecule has 1 aliphatic heterocycles. The lowest BCUT2D eigenvalue weighted by Crippen LogP contribution is -2.45. The van der Waals surface area contributed by atoms with Crippen LogP contribution in [0.25, 0.3) is 0 Å². The number of benzene rings is 1. The Morgan fingerprint density at radius 3 is 2.43 bits per heavy atom. The summed E-state index contributed by atoms with van der Waals surface area (Å²) >= 11 is 0. The molecule has 2 N–H and O–H groups in total. The van der Waals surface area contributed by atoms with Gasteiger partial charge in [-0.05, 0) is 39.7 Å². The molecule has 1 aromatic carbocycles. The molecule has 2 rings (SSSR count). The minimum Gasteiger partial charge on any atom is -0.479 e. The summed E-state index contributed by atoms with van der Waals surface area (Å²) in [4.78, 5) is 23.3. The van der Waals surface area contributed by atoms with E-state index in [-0.39, 0.29) is 0 Å². The van der Waals surface area contributed by atoms with E-state index in [1.807, 2.05) is 30.3 Å². The maximum Gasteiger partial charge on any atom is 0.407 e. The zero-order chi connectivity index (χ0) is 17.3. The van der Waals surface area contributed by atoms with Crippen molar-refractivity contribution >= 4 is 12.1 Å². The van der Waals surface area contributed by atoms with Crippen LogP contribution < -0.4 is 5.32 Å². The lowest BCUT2D eigenvalue weighted by molar-refractivity contribution is -0.142. The minimum absolute atomic E-state index is 0.466. The molecule has 0 bridgehead atoms. The quantitative estimate of drug-likeness (QED) is 0.813. The molecule has 23 heavy (non-hydrogen) atoms. The van der Waals surface area contributed by atoms with E-state index in [2.05, 4.69) is 5.32 Å². The molecular weight excluding hydrogens is 298 g/mol. The first kappa shape index (κ1) is 17.3. The maximum atomic E-state index is 12.0. The summed E-state index contributed by atoms with van der Waals surface area (Å²) < 4.78 is 10.6. The molecule has 0 aliphatic carbocycles. The van der Waals surface area contributed by atoms with Crippen molar-refractivity contribution in [1.29, 1.82) is 0 Å². The van der Waals surface area contributed by atoms with Gasteiger partial charge in [0.25, 0.3) is 0 Å². The van der Waals surface area contributed by atoms with Crippen LogP contribution in [0.1, 0.15) is 33.3 Å². The molecule has 6 heteroatoms. The van der Waals surface area contributed by atoms with Crippen molar-refractivity contribution < 1.29 is 24.2 Å². The smallest absolute Gasteiger partial charge is 0.407 e. The van der Waals surface area contributed by atoms with Crippen LogP contribution in [0, 0.1) is 0 Å². The van der Waals surface area contributed by atoms with E-state index >= 15 is 0 Å². The highest BCUT2D eigenvalue weighted by Crippen LogP contribution is 2.39. The highest BCUT2D eigenvalue weighted by molar-refractivity contribution is 5.81. The van der Waals surface area contributed by atoms with Crippen molar-refractivity contribution in [3.63, 3.8) is 0 Å². The molecule has 1 saturated heterocycles. The number of carbonyl (C=O) groups is 2. The van der Waals surface area contributed by atoms with Gasteiger partial charge in [-0.3, -0.25) is 0 Å². The Morgan fingerprint density at radius 1 is 1.35 bits per heavy atom. The molecule has 1 aromatic rings. The molecule has 0 spiro atoms. The van der Waals surface area contributed by atoms with Gasteiger partial charge in [0.2, 0.25) is 0 Å². The third-order valence-electron chi connectivity index (χ3n) is 3.65. The summed E-state index contributed by atoms with van der Waals surface area (Å²) in [6.07, 6.45) is -0.706. The number of epoxide rings is 1. The van der Waals surface area contributed by atoms with Crippen molar-refractivity contribution in [2.45, 2.75) is 57.5 Å². The first-order valence-electron chi connectivity index (χ1n) is 7.56. The molecule has 6 nitrogen and oxygen atoms in total. The van der Waals surface area contributed by atoms with Gasteiger partial charge in [0.1, 0.15) is 11.7 Å². The molecule has 0 radical (unpaired) electrons. The van der Waals surface area contributed by atoms with Gasteiger partial charge < -0.3 is 19.9 Å². The summed E-state index contributed by atoms with van der Waals surface area (Å²) in [5.74, 6) is -1.04. The number of aliphatic carboxylic acids is 1. The zero-order valence-corrected chi connectivity index (χ0v) is 13.8. The highest BCUT2D eigenvalue weighted by Gasteiger charge is 2.62. The molecule has 2 unspecified atom stereocenters. The number of nitrogens with one attached hydrogen (secondary N) is 1. The molecule has 1 amide bonds. The van der Waals surface area contributed by atoms with E-state index in [0.717, 1.165) is 5.56 Å². The van der Waals surface area contributed by atoms with E-state index in [9.17, 15) is 14.7 Å². The number of hydrogen-bond acceptors (Lipinski definition) is 4. The standard InChI is InChI=1S/C17H23NO5/c1-16(2,3)23-15(21)18-12(10-11-8-6-5-7-9-11)13-17(4,22-13)14(19)20/h5-9,12-13H,10H2,1-4H3,(H,18,21)(H,19,20)/t12-,13?,17?/m1/s1. The number of ether oxygens (including phenoxy) is 2. The largest absolute Gasteiger partial charge is 0.479 e. The molecule has 126 valence electrons. The van der Waals surface area contributed by atoms with E-state index in [1.165, 1.54) is 6.92 Å². The van der Waals surface area contributed by atoms with Crippen molar-refractivity contribution in [3.8, 4) is 0 Å². The van der Waals surface area contributed by atoms with E-state index < -0.39 is 35.4 Å². The van der Waals surface area contributed by atoms with Crippen LogP contribution in [0.4, 0.5) is 4.79 Å². The van der Waals surface area contributed by atoms with Gasteiger partial charge in [-0.2, -0.15) is 0 Å². The zero-order valence-electron chi connectivity index (χ0n) is 13.8. The lowest BCUT2D eigenvalue weighted by Gasteiger charge is -2.23. The van der Waals surface area contributed by atoms with E-state index in [0.29, 0.717) is 6.42 Å². The molecule has 1 aliphatic rings. The first-order valence-corrected chi connectivity index (χ1v) is 7.56. The number of carbonyl (C=O) groups excluding carboxylic acids is 1. The van der Waals surface area contributed by atoms with Crippen molar-refractivity contribution in [1.82, 2.24) is 5.32 Å². The van der Waals surface area contributed by atoms with Gasteiger partial charge in [0.05, 0.1) is 6.04 Å². The van der Waals surface area contributed by atoms with Crippen LogP contribution in [0.5, 0.6) is 0 Å². The summed E-state index contributed by atoms with van der Waals surface area (Å²) in [5, 5.41) is 12.0. The third kappa shape index (κ3) is 4.45. The number of hydrogen-bond donors (Lipinski definition) is 2. The Bertz CT molecular complexity index is 580. The molecule has 0 saturated carbocycles. The number of amides is 1. The monoisotopic (exact) mass is 321 g/mol. The predicted molar refractivity (Wildman–Crippen MR) is 84.2 cm³/mol. The van der Waals surface area contributed by atoms with Gasteiger partial charge in [-0.15, -0.1) is 0 Å². The Kier molecular flexibility index (Phi) is 4.66. The number of alkyl carbamates (subject to hydrolysis) is 1. The van der Waals surface area contributed by atoms with Crippen LogP contribution >= 0.6 is 0 Å². The minimum atomic E-state index is -1.27. The lowest BCUT2D eigenvalue weighted by atomic mass is 9.96. The maximum absolute atomic E-state index is 12.0. The summed E-state index contributed by atoms with van der Waals surface area (Å²) in [6.45, 7) is 6.82. The number of carboxylic acids is 1. The van der Waals surface area contributed by atoms with Crippen LogP contribution in [-0.4, -0.2) is 40.5 Å². The van der Waals surface area contributed by atoms with Crippen LogP contribution in [0.3, 0.4) is 0 Å². The fraction of sp³-hybridized carbons (Fsp3) is 0.529. The van der Waals surface area contributed by atoms with Gasteiger partial charge in [-0.25, -0.2) is 9.59 Å². The van der Waals surface area contributed by atoms with Gasteiger partial charge in [0.15, 0.2) is 5.60 Å². The predicted octanol–water partition coefficient (Wildman–Crippen LogP) is 2.36. The summed E-state index contributed by atoms with van der Waals surface area (Å²) in [5.41, 5.74) is -0.909. The number of rotatable bonds is 5. The fourth-order valence-corrected chi connectivity index (χ4v) is 2.43. The normalized spacial score (nSPS) is 24.6. The Morgan fingerprint density at radius 2 is 1.96 bits per heavy atom. The second-order valence-corrected chi connectivity index (χ2v) is 6.89. The fourth-order valence-electron chi connectivity index (χ4n) is 2.43. The second kappa shape index (κ2) is 6.20. The molecular formula is C17H23NO5. The molecule has 1 fully saturated rings. The Balaban J connectivity index is 2.10. The Hall–Kier alpha value is -2.08. The average Bonchev–Trinajstić information content (AvgIpc) is 3.11. The van der Waals surface area contributed by atoms with Crippen molar-refractivity contribution in [3.05, 3.63) is 35.9 Å². The van der Waals surface area contributed by atoms with Gasteiger partial charge >= 0.3 is 12.1 Å². The van der Waals surface area contributed by atoms with E-state index in [1.54, 1.807) is 20.8 Å². The first-order chi connectivity index (χ1) is 10.6. The van der Waals surface area contributed by atoms with Gasteiger partial charge in [0, 0.05) is 0 Å². The highest BCUT2D eigenvalue weighted by atomic mass is 16.6. The van der Waals surface area contributed by atoms with E-state index in [4.69, 9.17) is 9.47 Å². The molecule has 3 atom stereocenters. The molecule has 0 aromatic heterocycles. The van der Waals surface area contributed by atoms with Crippen molar-refractivity contribution in [2.75, 3.05) is 0 Å². The molecule has 1 heterocycles. The topological polar surface area (TPSA) is 88.2 Å². The Labute approximate surface area is 135 Å². The SMILES string of the molecule is CC(C)(C)OC(=O)N[C@H](Cc1ccccc1)C1OC1(C)C(=O)O.